The molecule has 0 aliphatic rings. The summed E-state index contributed by atoms with van der Waals surface area (Å²) in [6, 6.07) is 7.47. The third-order valence-electron chi connectivity index (χ3n) is 3.12. The number of aliphatic hydroxyl groups excluding tert-OH is 1. The van der Waals surface area contributed by atoms with Crippen LogP contribution in [0.4, 0.5) is 0 Å². The summed E-state index contributed by atoms with van der Waals surface area (Å²) in [5.41, 5.74) is 1.85. The summed E-state index contributed by atoms with van der Waals surface area (Å²) in [6.45, 7) is 4.02. The van der Waals surface area contributed by atoms with Crippen molar-refractivity contribution in [1.29, 1.82) is 0 Å². The van der Waals surface area contributed by atoms with Gasteiger partial charge in [0.05, 0.1) is 11.9 Å². The van der Waals surface area contributed by atoms with E-state index in [4.69, 9.17) is 0 Å². The Morgan fingerprint density at radius 2 is 1.84 bits per heavy atom. The minimum atomic E-state index is -3.26. The van der Waals surface area contributed by atoms with Crippen molar-refractivity contribution < 1.29 is 13.5 Å². The monoisotopic (exact) mass is 285 g/mol. The predicted molar refractivity (Wildman–Crippen MR) is 77.5 cm³/mol. The fraction of sp³-hybridized carbons (Fsp3) is 0.571. The fourth-order valence-electron chi connectivity index (χ4n) is 1.73. The highest BCUT2D eigenvalue weighted by atomic mass is 32.2. The number of likely N-dealkylation sites (N-methyl/N-ethyl adjacent to an activating group) is 1. The van der Waals surface area contributed by atoms with Crippen LogP contribution in [0.1, 0.15) is 37.0 Å². The summed E-state index contributed by atoms with van der Waals surface area (Å²) in [5, 5.41) is 10.1. The first-order valence-electron chi connectivity index (χ1n) is 6.55. The molecule has 0 saturated carbocycles. The topological polar surface area (TPSA) is 57.6 Å². The summed E-state index contributed by atoms with van der Waals surface area (Å²) in [5.74, 6) is 0.140. The van der Waals surface area contributed by atoms with Crippen LogP contribution in [0.2, 0.25) is 0 Å². The Hall–Kier alpha value is -0.910. The fourth-order valence-corrected chi connectivity index (χ4v) is 3.07. The highest BCUT2D eigenvalue weighted by Gasteiger charge is 2.20. The Morgan fingerprint density at radius 3 is 2.37 bits per heavy atom. The molecule has 0 heterocycles. The number of sulfonamides is 1. The van der Waals surface area contributed by atoms with Gasteiger partial charge in [0, 0.05) is 13.6 Å². The Labute approximate surface area is 116 Å². The Bertz CT molecular complexity index is 482. The number of rotatable bonds is 7. The van der Waals surface area contributed by atoms with Gasteiger partial charge in [-0.3, -0.25) is 0 Å². The van der Waals surface area contributed by atoms with Crippen molar-refractivity contribution in [2.24, 2.45) is 0 Å². The van der Waals surface area contributed by atoms with Gasteiger partial charge in [-0.2, -0.15) is 0 Å². The second-order valence-corrected chi connectivity index (χ2v) is 7.07. The highest BCUT2D eigenvalue weighted by Crippen LogP contribution is 2.16. The number of benzene rings is 1. The molecule has 0 amide bonds. The molecule has 1 aromatic carbocycles. The first-order chi connectivity index (χ1) is 8.86. The number of aliphatic hydroxyl groups is 1. The third kappa shape index (κ3) is 4.93. The molecule has 0 spiro atoms. The molecule has 1 unspecified atom stereocenters. The van der Waals surface area contributed by atoms with Gasteiger partial charge in [0.15, 0.2) is 0 Å². The van der Waals surface area contributed by atoms with Crippen LogP contribution in [0.5, 0.6) is 0 Å². The van der Waals surface area contributed by atoms with Crippen molar-refractivity contribution in [2.75, 3.05) is 19.3 Å². The maximum absolute atomic E-state index is 11.9. The van der Waals surface area contributed by atoms with Gasteiger partial charge in [-0.15, -0.1) is 0 Å². The molecule has 0 saturated heterocycles. The van der Waals surface area contributed by atoms with Crippen LogP contribution in [-0.2, 0) is 10.0 Å². The van der Waals surface area contributed by atoms with Crippen LogP contribution < -0.4 is 0 Å². The summed E-state index contributed by atoms with van der Waals surface area (Å²) in [6.07, 6.45) is 0.697. The molecular weight excluding hydrogens is 262 g/mol. The van der Waals surface area contributed by atoms with Crippen molar-refractivity contribution in [3.05, 3.63) is 35.4 Å². The molecule has 108 valence electrons. The molecule has 1 N–H and O–H groups in total. The van der Waals surface area contributed by atoms with Gasteiger partial charge in [0.25, 0.3) is 0 Å². The van der Waals surface area contributed by atoms with E-state index in [9.17, 15) is 13.5 Å². The van der Waals surface area contributed by atoms with Crippen LogP contribution >= 0.6 is 0 Å². The maximum Gasteiger partial charge on any atom is 0.213 e. The van der Waals surface area contributed by atoms with Crippen LogP contribution in [0.3, 0.4) is 0 Å². The normalized spacial score (nSPS) is 13.7. The lowest BCUT2D eigenvalue weighted by molar-refractivity contribution is 0.155. The Balaban J connectivity index is 2.65. The second-order valence-electron chi connectivity index (χ2n) is 4.88. The quantitative estimate of drug-likeness (QED) is 0.834. The zero-order valence-electron chi connectivity index (χ0n) is 11.8. The smallest absolute Gasteiger partial charge is 0.213 e. The number of hydrogen-bond acceptors (Lipinski definition) is 3. The largest absolute Gasteiger partial charge is 0.387 e. The molecular formula is C14H23NO3S. The van der Waals surface area contributed by atoms with E-state index in [-0.39, 0.29) is 12.3 Å². The summed E-state index contributed by atoms with van der Waals surface area (Å²) in [4.78, 5) is 0. The first kappa shape index (κ1) is 16.1. The van der Waals surface area contributed by atoms with Crippen LogP contribution in [-0.4, -0.2) is 37.2 Å². The molecule has 1 rings (SSSR count). The van der Waals surface area contributed by atoms with Gasteiger partial charge < -0.3 is 5.11 Å². The molecule has 0 aromatic heterocycles. The molecule has 4 nitrogen and oxygen atoms in total. The van der Waals surface area contributed by atoms with Gasteiger partial charge >= 0.3 is 0 Å². The van der Waals surface area contributed by atoms with Crippen molar-refractivity contribution >= 4 is 10.0 Å². The van der Waals surface area contributed by atoms with E-state index < -0.39 is 16.1 Å². The van der Waals surface area contributed by atoms with E-state index in [1.165, 1.54) is 11.4 Å². The molecule has 0 fully saturated rings. The standard InChI is InChI=1S/C14H23NO3S/c1-4-5-10-19(17,18)15(3)11-14(16)13-8-6-12(2)7-9-13/h6-9,14,16H,4-5,10-11H2,1-3H3. The minimum Gasteiger partial charge on any atom is -0.387 e. The average molecular weight is 285 g/mol. The highest BCUT2D eigenvalue weighted by molar-refractivity contribution is 7.89. The lowest BCUT2D eigenvalue weighted by atomic mass is 10.1. The zero-order chi connectivity index (χ0) is 14.5. The lowest BCUT2D eigenvalue weighted by Crippen LogP contribution is -2.33. The van der Waals surface area contributed by atoms with Crippen molar-refractivity contribution in [2.45, 2.75) is 32.8 Å². The minimum absolute atomic E-state index is 0.0924. The number of aryl methyl sites for hydroxylation is 1. The zero-order valence-corrected chi connectivity index (χ0v) is 12.7. The van der Waals surface area contributed by atoms with E-state index in [2.05, 4.69) is 0 Å². The third-order valence-corrected chi connectivity index (χ3v) is 5.03. The summed E-state index contributed by atoms with van der Waals surface area (Å²) < 4.78 is 25.1. The SMILES string of the molecule is CCCCS(=O)(=O)N(C)CC(O)c1ccc(C)cc1. The van der Waals surface area contributed by atoms with Gasteiger partial charge in [-0.25, -0.2) is 12.7 Å². The summed E-state index contributed by atoms with van der Waals surface area (Å²) >= 11 is 0. The summed E-state index contributed by atoms with van der Waals surface area (Å²) in [7, 11) is -1.74. The maximum atomic E-state index is 11.9. The van der Waals surface area contributed by atoms with Crippen molar-refractivity contribution in [3.63, 3.8) is 0 Å². The molecule has 5 heteroatoms. The van der Waals surface area contributed by atoms with Crippen LogP contribution in [0.25, 0.3) is 0 Å². The van der Waals surface area contributed by atoms with E-state index in [1.54, 1.807) is 0 Å². The molecule has 1 atom stereocenters. The first-order valence-corrected chi connectivity index (χ1v) is 8.16. The number of unbranched alkanes of at least 4 members (excludes halogenated alkanes) is 1. The van der Waals surface area contributed by atoms with Gasteiger partial charge in [0.1, 0.15) is 0 Å². The lowest BCUT2D eigenvalue weighted by Gasteiger charge is -2.20. The molecule has 0 aliphatic carbocycles. The predicted octanol–water partition coefficient (Wildman–Crippen LogP) is 2.09. The molecule has 0 radical (unpaired) electrons. The van der Waals surface area contributed by atoms with Gasteiger partial charge in [0.2, 0.25) is 10.0 Å². The Morgan fingerprint density at radius 1 is 1.26 bits per heavy atom. The van der Waals surface area contributed by atoms with Crippen LogP contribution in [0.15, 0.2) is 24.3 Å². The molecule has 0 bridgehead atoms. The van der Waals surface area contributed by atoms with Crippen molar-refractivity contribution in [1.82, 2.24) is 4.31 Å². The number of hydrogen-bond donors (Lipinski definition) is 1. The van der Waals surface area contributed by atoms with Gasteiger partial charge in [-0.05, 0) is 18.9 Å². The molecule has 1 aromatic rings. The van der Waals surface area contributed by atoms with E-state index >= 15 is 0 Å². The van der Waals surface area contributed by atoms with E-state index in [1.807, 2.05) is 38.1 Å². The van der Waals surface area contributed by atoms with E-state index in [0.717, 1.165) is 17.5 Å². The molecule has 19 heavy (non-hydrogen) atoms. The van der Waals surface area contributed by atoms with Crippen molar-refractivity contribution in [3.8, 4) is 0 Å². The second kappa shape index (κ2) is 7.03. The molecule has 0 aliphatic heterocycles. The van der Waals surface area contributed by atoms with Crippen LogP contribution in [0, 0.1) is 6.92 Å². The van der Waals surface area contributed by atoms with E-state index in [0.29, 0.717) is 6.42 Å². The number of nitrogens with zero attached hydrogens (tertiary/aromatic N) is 1. The van der Waals surface area contributed by atoms with Gasteiger partial charge in [-0.1, -0.05) is 43.2 Å². The average Bonchev–Trinajstić information content (AvgIpc) is 2.37. The Kier molecular flexibility index (Phi) is 5.97.